The van der Waals surface area contributed by atoms with Crippen molar-refractivity contribution in [3.8, 4) is 11.5 Å². The molecule has 0 heterocycles. The van der Waals surface area contributed by atoms with Crippen LogP contribution in [-0.2, 0) is 37.2 Å². The fourth-order valence-electron chi connectivity index (χ4n) is 3.14. The van der Waals surface area contributed by atoms with E-state index in [1.807, 2.05) is 0 Å². The van der Waals surface area contributed by atoms with Gasteiger partial charge in [-0.25, -0.2) is 9.59 Å². The van der Waals surface area contributed by atoms with Gasteiger partial charge >= 0.3 is 22.2 Å². The van der Waals surface area contributed by atoms with E-state index in [1.54, 1.807) is 70.2 Å². The minimum Gasteiger partial charge on any atom is -0.491 e. The standard InChI is InChI=1S/C25H33NO9S/c1-6-32-22(23(27)28)16-18-9-12-21(20(15-18)26-24(29)34-25(2,3)4)33-14-13-17-7-10-19(11-8-17)35-36(5,30)31/h7-12,15,22H,6,13-14,16H2,1-5H3,(H,26,29)(H,27,28). The highest BCUT2D eigenvalue weighted by Crippen LogP contribution is 2.28. The van der Waals surface area contributed by atoms with Gasteiger partial charge in [-0.2, -0.15) is 8.42 Å². The first-order valence-electron chi connectivity index (χ1n) is 11.3. The van der Waals surface area contributed by atoms with E-state index in [4.69, 9.17) is 18.4 Å². The second-order valence-electron chi connectivity index (χ2n) is 8.97. The molecule has 1 amide bonds. The molecule has 0 saturated carbocycles. The van der Waals surface area contributed by atoms with E-state index in [0.29, 0.717) is 23.4 Å². The van der Waals surface area contributed by atoms with Crippen LogP contribution < -0.4 is 14.2 Å². The minimum absolute atomic E-state index is 0.106. The van der Waals surface area contributed by atoms with Crippen LogP contribution in [0.1, 0.15) is 38.8 Å². The summed E-state index contributed by atoms with van der Waals surface area (Å²) in [6.07, 6.45) is -0.120. The van der Waals surface area contributed by atoms with E-state index in [1.165, 1.54) is 0 Å². The molecule has 0 radical (unpaired) electrons. The van der Waals surface area contributed by atoms with E-state index >= 15 is 0 Å². The number of carboxylic acid groups (broad SMARTS) is 1. The topological polar surface area (TPSA) is 137 Å². The highest BCUT2D eigenvalue weighted by atomic mass is 32.2. The molecule has 2 aromatic carbocycles. The lowest BCUT2D eigenvalue weighted by atomic mass is 10.1. The van der Waals surface area contributed by atoms with Crippen molar-refractivity contribution in [1.82, 2.24) is 0 Å². The molecule has 2 rings (SSSR count). The van der Waals surface area contributed by atoms with Crippen molar-refractivity contribution in [2.75, 3.05) is 24.8 Å². The molecule has 11 heteroatoms. The van der Waals surface area contributed by atoms with Gasteiger partial charge in [0.25, 0.3) is 0 Å². The monoisotopic (exact) mass is 523 g/mol. The molecule has 2 aromatic rings. The number of benzene rings is 2. The minimum atomic E-state index is -3.60. The van der Waals surface area contributed by atoms with E-state index < -0.39 is 33.9 Å². The number of anilines is 1. The Hall–Kier alpha value is -3.31. The Kier molecular flexibility index (Phi) is 10.1. The molecular weight excluding hydrogens is 490 g/mol. The Morgan fingerprint density at radius 2 is 1.69 bits per heavy atom. The van der Waals surface area contributed by atoms with E-state index in [-0.39, 0.29) is 25.4 Å². The number of nitrogens with one attached hydrogen (secondary N) is 1. The molecule has 198 valence electrons. The lowest BCUT2D eigenvalue weighted by Gasteiger charge is -2.21. The van der Waals surface area contributed by atoms with Crippen LogP contribution in [0.25, 0.3) is 0 Å². The van der Waals surface area contributed by atoms with Gasteiger partial charge in [0, 0.05) is 19.4 Å². The van der Waals surface area contributed by atoms with Crippen LogP contribution >= 0.6 is 0 Å². The van der Waals surface area contributed by atoms with Crippen molar-refractivity contribution in [1.29, 1.82) is 0 Å². The number of carbonyl (C=O) groups is 2. The summed E-state index contributed by atoms with van der Waals surface area (Å²) in [4.78, 5) is 23.9. The molecule has 0 aromatic heterocycles. The van der Waals surface area contributed by atoms with Crippen LogP contribution in [0.15, 0.2) is 42.5 Å². The van der Waals surface area contributed by atoms with Crippen molar-refractivity contribution in [2.45, 2.75) is 52.2 Å². The maximum atomic E-state index is 12.4. The van der Waals surface area contributed by atoms with Crippen molar-refractivity contribution in [3.05, 3.63) is 53.6 Å². The predicted molar refractivity (Wildman–Crippen MR) is 134 cm³/mol. The van der Waals surface area contributed by atoms with Crippen LogP contribution in [0.2, 0.25) is 0 Å². The van der Waals surface area contributed by atoms with Gasteiger partial charge in [-0.15, -0.1) is 0 Å². The highest BCUT2D eigenvalue weighted by Gasteiger charge is 2.21. The van der Waals surface area contributed by atoms with Gasteiger partial charge in [-0.05, 0) is 63.1 Å². The Morgan fingerprint density at radius 3 is 2.25 bits per heavy atom. The third-order valence-electron chi connectivity index (χ3n) is 4.56. The van der Waals surface area contributed by atoms with Gasteiger partial charge in [0.15, 0.2) is 6.10 Å². The first-order chi connectivity index (χ1) is 16.8. The smallest absolute Gasteiger partial charge is 0.412 e. The number of carboxylic acids is 1. The summed E-state index contributed by atoms with van der Waals surface area (Å²) >= 11 is 0. The summed E-state index contributed by atoms with van der Waals surface area (Å²) < 4.78 is 43.8. The van der Waals surface area contributed by atoms with Crippen LogP contribution in [0.4, 0.5) is 10.5 Å². The van der Waals surface area contributed by atoms with Gasteiger partial charge in [0.05, 0.1) is 18.6 Å². The van der Waals surface area contributed by atoms with Gasteiger partial charge in [0.2, 0.25) is 0 Å². The van der Waals surface area contributed by atoms with Gasteiger partial charge in [0.1, 0.15) is 17.1 Å². The maximum Gasteiger partial charge on any atom is 0.412 e. The van der Waals surface area contributed by atoms with Crippen molar-refractivity contribution in [3.63, 3.8) is 0 Å². The van der Waals surface area contributed by atoms with E-state index in [0.717, 1.165) is 11.8 Å². The predicted octanol–water partition coefficient (Wildman–Crippen LogP) is 4.03. The third kappa shape index (κ3) is 10.5. The normalized spacial score (nSPS) is 12.5. The molecule has 0 fully saturated rings. The van der Waals surface area contributed by atoms with Crippen LogP contribution in [-0.4, -0.2) is 56.8 Å². The number of carbonyl (C=O) groups excluding carboxylic acids is 1. The fraction of sp³-hybridized carbons (Fsp3) is 0.440. The summed E-state index contributed by atoms with van der Waals surface area (Å²) in [5, 5.41) is 12.1. The lowest BCUT2D eigenvalue weighted by Crippen LogP contribution is -2.28. The summed E-state index contributed by atoms with van der Waals surface area (Å²) in [6, 6.07) is 11.6. The Morgan fingerprint density at radius 1 is 1.06 bits per heavy atom. The summed E-state index contributed by atoms with van der Waals surface area (Å²) in [7, 11) is -3.60. The first-order valence-corrected chi connectivity index (χ1v) is 13.2. The number of amides is 1. The van der Waals surface area contributed by atoms with Crippen LogP contribution in [0, 0.1) is 0 Å². The second-order valence-corrected chi connectivity index (χ2v) is 10.5. The fourth-order valence-corrected chi connectivity index (χ4v) is 3.60. The van der Waals surface area contributed by atoms with Gasteiger partial charge in [-0.3, -0.25) is 5.32 Å². The highest BCUT2D eigenvalue weighted by molar-refractivity contribution is 7.86. The number of hydrogen-bond acceptors (Lipinski definition) is 8. The zero-order valence-electron chi connectivity index (χ0n) is 21.1. The van der Waals surface area contributed by atoms with Gasteiger partial charge in [-0.1, -0.05) is 18.2 Å². The number of aliphatic carboxylic acids is 1. The molecule has 0 aliphatic carbocycles. The summed E-state index contributed by atoms with van der Waals surface area (Å²) in [5.41, 5.74) is 1.14. The molecule has 2 N–H and O–H groups in total. The zero-order chi connectivity index (χ0) is 26.9. The molecule has 10 nitrogen and oxygen atoms in total. The molecule has 0 saturated heterocycles. The molecule has 0 aliphatic heterocycles. The molecule has 1 atom stereocenters. The average molecular weight is 524 g/mol. The van der Waals surface area contributed by atoms with E-state index in [9.17, 15) is 23.1 Å². The van der Waals surface area contributed by atoms with Crippen molar-refractivity contribution >= 4 is 27.9 Å². The number of ether oxygens (including phenoxy) is 3. The molecule has 1 unspecified atom stereocenters. The molecule has 0 spiro atoms. The summed E-state index contributed by atoms with van der Waals surface area (Å²) in [6.45, 7) is 7.45. The van der Waals surface area contributed by atoms with Gasteiger partial charge < -0.3 is 23.5 Å². The number of hydrogen-bond donors (Lipinski definition) is 2. The third-order valence-corrected chi connectivity index (χ3v) is 5.06. The zero-order valence-corrected chi connectivity index (χ0v) is 21.9. The van der Waals surface area contributed by atoms with Crippen molar-refractivity contribution in [2.24, 2.45) is 0 Å². The van der Waals surface area contributed by atoms with Crippen LogP contribution in [0.3, 0.4) is 0 Å². The van der Waals surface area contributed by atoms with Crippen molar-refractivity contribution < 1.29 is 41.5 Å². The number of rotatable bonds is 12. The molecule has 0 bridgehead atoms. The summed E-state index contributed by atoms with van der Waals surface area (Å²) in [5.74, 6) is -0.481. The quantitative estimate of drug-likeness (QED) is 0.395. The lowest BCUT2D eigenvalue weighted by molar-refractivity contribution is -0.149. The molecule has 36 heavy (non-hydrogen) atoms. The Balaban J connectivity index is 2.14. The largest absolute Gasteiger partial charge is 0.491 e. The first kappa shape index (κ1) is 28.9. The SMILES string of the molecule is CCOC(Cc1ccc(OCCc2ccc(OS(C)(=O)=O)cc2)c(NC(=O)OC(C)(C)C)c1)C(=O)O. The average Bonchev–Trinajstić information content (AvgIpc) is 2.73. The molecule has 0 aliphatic rings. The second kappa shape index (κ2) is 12.6. The maximum absolute atomic E-state index is 12.4. The van der Waals surface area contributed by atoms with Crippen LogP contribution in [0.5, 0.6) is 11.5 Å². The molecular formula is C25H33NO9S. The Labute approximate surface area is 211 Å². The Bertz CT molecular complexity index is 1140. The van der Waals surface area contributed by atoms with E-state index in [2.05, 4.69) is 5.32 Å².